The number of piperidine rings is 1. The monoisotopic (exact) mass is 406 g/mol. The fourth-order valence-electron chi connectivity index (χ4n) is 4.69. The van der Waals surface area contributed by atoms with Crippen LogP contribution < -0.4 is 5.32 Å². The highest BCUT2D eigenvalue weighted by Gasteiger charge is 2.36. The SMILES string of the molecule is COC(=O)N[C@@H](CSc1ccccc1)C(O)CN1CC2CCCCC2C[C@H]1C. The molecule has 1 aromatic rings. The van der Waals surface area contributed by atoms with Crippen LogP contribution in [-0.2, 0) is 4.74 Å². The first-order chi connectivity index (χ1) is 13.6. The molecule has 5 nitrogen and oxygen atoms in total. The lowest BCUT2D eigenvalue weighted by Gasteiger charge is -2.46. The quantitative estimate of drug-likeness (QED) is 0.675. The first-order valence-electron chi connectivity index (χ1n) is 10.5. The van der Waals surface area contributed by atoms with Crippen molar-refractivity contribution in [3.8, 4) is 0 Å². The third-order valence-corrected chi connectivity index (χ3v) is 7.48. The molecule has 1 aliphatic carbocycles. The smallest absolute Gasteiger partial charge is 0.407 e. The Morgan fingerprint density at radius 2 is 2.00 bits per heavy atom. The van der Waals surface area contributed by atoms with E-state index in [4.69, 9.17) is 4.74 Å². The second-order valence-corrected chi connectivity index (χ2v) is 9.37. The Morgan fingerprint density at radius 1 is 1.29 bits per heavy atom. The molecule has 1 amide bonds. The summed E-state index contributed by atoms with van der Waals surface area (Å²) in [5.41, 5.74) is 0. The van der Waals surface area contributed by atoms with Crippen molar-refractivity contribution in [2.45, 2.75) is 62.1 Å². The fourth-order valence-corrected chi connectivity index (χ4v) is 5.71. The summed E-state index contributed by atoms with van der Waals surface area (Å²) in [6.07, 6.45) is 5.51. The van der Waals surface area contributed by atoms with Crippen molar-refractivity contribution in [1.29, 1.82) is 0 Å². The Kier molecular flexibility index (Phi) is 8.06. The Balaban J connectivity index is 1.59. The van der Waals surface area contributed by atoms with Crippen LogP contribution in [0.15, 0.2) is 35.2 Å². The van der Waals surface area contributed by atoms with E-state index < -0.39 is 12.2 Å². The van der Waals surface area contributed by atoms with Gasteiger partial charge < -0.3 is 15.2 Å². The van der Waals surface area contributed by atoms with E-state index in [1.165, 1.54) is 39.2 Å². The summed E-state index contributed by atoms with van der Waals surface area (Å²) in [6.45, 7) is 3.94. The number of thioether (sulfide) groups is 1. The van der Waals surface area contributed by atoms with Gasteiger partial charge in [-0.2, -0.15) is 0 Å². The molecular formula is C22H34N2O3S. The van der Waals surface area contributed by atoms with Crippen LogP contribution in [0.3, 0.4) is 0 Å². The number of hydrogen-bond donors (Lipinski definition) is 2. The van der Waals surface area contributed by atoms with Crippen molar-refractivity contribution in [3.63, 3.8) is 0 Å². The number of nitrogens with one attached hydrogen (secondary N) is 1. The Labute approximate surface area is 173 Å². The van der Waals surface area contributed by atoms with Gasteiger partial charge in [0.05, 0.1) is 19.3 Å². The molecular weight excluding hydrogens is 372 g/mol. The largest absolute Gasteiger partial charge is 0.453 e. The van der Waals surface area contributed by atoms with E-state index >= 15 is 0 Å². The minimum atomic E-state index is -0.627. The zero-order chi connectivity index (χ0) is 19.9. The standard InChI is InChI=1S/C22H34N2O3S/c1-16-12-17-8-6-7-9-18(17)13-24(16)14-21(25)20(23-22(26)27-2)15-28-19-10-4-3-5-11-19/h3-5,10-11,16-18,20-21,25H,6-9,12-15H2,1-2H3,(H,23,26)/t16-,17?,18?,20+,21?/m1/s1. The van der Waals surface area contributed by atoms with Gasteiger partial charge in [-0.25, -0.2) is 4.79 Å². The van der Waals surface area contributed by atoms with Gasteiger partial charge >= 0.3 is 6.09 Å². The molecule has 3 rings (SSSR count). The molecule has 1 saturated heterocycles. The molecule has 2 fully saturated rings. The number of nitrogens with zero attached hydrogens (tertiary/aromatic N) is 1. The van der Waals surface area contributed by atoms with Crippen LogP contribution in [0.1, 0.15) is 39.0 Å². The number of aliphatic hydroxyl groups excluding tert-OH is 1. The van der Waals surface area contributed by atoms with E-state index in [0.29, 0.717) is 18.3 Å². The van der Waals surface area contributed by atoms with E-state index in [2.05, 4.69) is 17.1 Å². The van der Waals surface area contributed by atoms with E-state index in [1.54, 1.807) is 11.8 Å². The predicted octanol–water partition coefficient (Wildman–Crippen LogP) is 3.76. The van der Waals surface area contributed by atoms with Crippen LogP contribution in [0.2, 0.25) is 0 Å². The van der Waals surface area contributed by atoms with Crippen LogP contribution in [0, 0.1) is 11.8 Å². The number of benzene rings is 1. The number of methoxy groups -OCH3 is 1. The zero-order valence-electron chi connectivity index (χ0n) is 17.0. The number of fused-ring (bicyclic) bond motifs is 1. The normalized spacial score (nSPS) is 27.5. The topological polar surface area (TPSA) is 61.8 Å². The van der Waals surface area contributed by atoms with Crippen LogP contribution >= 0.6 is 11.8 Å². The molecule has 2 N–H and O–H groups in total. The van der Waals surface area contributed by atoms with E-state index in [9.17, 15) is 9.90 Å². The molecule has 0 bridgehead atoms. The Morgan fingerprint density at radius 3 is 2.71 bits per heavy atom. The fraction of sp³-hybridized carbons (Fsp3) is 0.682. The molecule has 156 valence electrons. The van der Waals surface area contributed by atoms with Crippen LogP contribution in [0.5, 0.6) is 0 Å². The highest BCUT2D eigenvalue weighted by atomic mass is 32.2. The molecule has 0 aromatic heterocycles. The molecule has 0 radical (unpaired) electrons. The molecule has 6 heteroatoms. The van der Waals surface area contributed by atoms with Crippen molar-refractivity contribution in [3.05, 3.63) is 30.3 Å². The second-order valence-electron chi connectivity index (χ2n) is 8.28. The first kappa shape index (κ1) is 21.5. The van der Waals surface area contributed by atoms with E-state index in [0.717, 1.165) is 23.3 Å². The highest BCUT2D eigenvalue weighted by molar-refractivity contribution is 7.99. The third kappa shape index (κ3) is 5.88. The summed E-state index contributed by atoms with van der Waals surface area (Å²) in [7, 11) is 1.36. The zero-order valence-corrected chi connectivity index (χ0v) is 17.9. The van der Waals surface area contributed by atoms with Gasteiger partial charge in [-0.05, 0) is 43.7 Å². The van der Waals surface area contributed by atoms with Crippen molar-refractivity contribution in [1.82, 2.24) is 10.2 Å². The summed E-state index contributed by atoms with van der Waals surface area (Å²) < 4.78 is 4.78. The molecule has 1 heterocycles. The van der Waals surface area contributed by atoms with Crippen LogP contribution in [-0.4, -0.2) is 60.2 Å². The molecule has 1 aromatic carbocycles. The number of ether oxygens (including phenoxy) is 1. The van der Waals surface area contributed by atoms with E-state index in [-0.39, 0.29) is 6.04 Å². The van der Waals surface area contributed by atoms with Gasteiger partial charge in [0.15, 0.2) is 0 Å². The van der Waals surface area contributed by atoms with Crippen molar-refractivity contribution >= 4 is 17.9 Å². The summed E-state index contributed by atoms with van der Waals surface area (Å²) in [6, 6.07) is 10.2. The summed E-state index contributed by atoms with van der Waals surface area (Å²) in [5.74, 6) is 2.23. The van der Waals surface area contributed by atoms with Gasteiger partial charge in [-0.3, -0.25) is 4.90 Å². The highest BCUT2D eigenvalue weighted by Crippen LogP contribution is 2.38. The van der Waals surface area contributed by atoms with Crippen LogP contribution in [0.4, 0.5) is 4.79 Å². The lowest BCUT2D eigenvalue weighted by atomic mass is 9.73. The molecule has 1 saturated carbocycles. The first-order valence-corrected chi connectivity index (χ1v) is 11.5. The van der Waals surface area contributed by atoms with Gasteiger partial charge in [-0.1, -0.05) is 37.5 Å². The maximum atomic E-state index is 11.8. The third-order valence-electron chi connectivity index (χ3n) is 6.35. The Bertz CT molecular complexity index is 615. The van der Waals surface area contributed by atoms with Gasteiger partial charge in [0.25, 0.3) is 0 Å². The van der Waals surface area contributed by atoms with Crippen LogP contribution in [0.25, 0.3) is 0 Å². The molecule has 0 spiro atoms. The average Bonchev–Trinajstić information content (AvgIpc) is 2.72. The predicted molar refractivity (Wildman–Crippen MR) is 114 cm³/mol. The number of hydrogen-bond acceptors (Lipinski definition) is 5. The maximum absolute atomic E-state index is 11.8. The minimum Gasteiger partial charge on any atom is -0.453 e. The maximum Gasteiger partial charge on any atom is 0.407 e. The number of aliphatic hydroxyl groups is 1. The molecule has 2 aliphatic rings. The Hall–Kier alpha value is -1.24. The van der Waals surface area contributed by atoms with Gasteiger partial charge in [-0.15, -0.1) is 11.8 Å². The van der Waals surface area contributed by atoms with Crippen molar-refractivity contribution in [2.24, 2.45) is 11.8 Å². The number of likely N-dealkylation sites (tertiary alicyclic amines) is 1. The number of rotatable bonds is 7. The molecule has 1 aliphatic heterocycles. The molecule has 5 atom stereocenters. The van der Waals surface area contributed by atoms with Gasteiger partial charge in [0.1, 0.15) is 0 Å². The van der Waals surface area contributed by atoms with Crippen molar-refractivity contribution < 1.29 is 14.6 Å². The molecule has 3 unspecified atom stereocenters. The lowest BCUT2D eigenvalue weighted by Crippen LogP contribution is -2.54. The molecule has 28 heavy (non-hydrogen) atoms. The number of amides is 1. The number of β-amino-alcohol motifs (C(OH)–C–C–N with tert-alkyl or cyclic N) is 1. The van der Waals surface area contributed by atoms with Crippen molar-refractivity contribution in [2.75, 3.05) is 26.0 Å². The van der Waals surface area contributed by atoms with E-state index in [1.807, 2.05) is 30.3 Å². The number of carbonyl (C=O) groups excluding carboxylic acids is 1. The minimum absolute atomic E-state index is 0.353. The number of carbonyl (C=O) groups is 1. The van der Waals surface area contributed by atoms with Gasteiger partial charge in [0.2, 0.25) is 0 Å². The van der Waals surface area contributed by atoms with Gasteiger partial charge in [0, 0.05) is 29.8 Å². The summed E-state index contributed by atoms with van der Waals surface area (Å²) in [5, 5.41) is 13.8. The summed E-state index contributed by atoms with van der Waals surface area (Å²) >= 11 is 1.64. The second kappa shape index (κ2) is 10.5. The average molecular weight is 407 g/mol. The number of alkyl carbamates (subject to hydrolysis) is 1. The lowest BCUT2D eigenvalue weighted by molar-refractivity contribution is 0.00579. The summed E-state index contributed by atoms with van der Waals surface area (Å²) in [4.78, 5) is 15.4.